The van der Waals surface area contributed by atoms with Crippen LogP contribution < -0.4 is 11.2 Å². The van der Waals surface area contributed by atoms with Gasteiger partial charge < -0.3 is 20.6 Å². The predicted octanol–water partition coefficient (Wildman–Crippen LogP) is 1.55. The van der Waals surface area contributed by atoms with Gasteiger partial charge in [-0.25, -0.2) is 0 Å². The normalized spacial score (nSPS) is 23.4. The Morgan fingerprint density at radius 2 is 2.07 bits per heavy atom. The SMILES string of the molecule is CN1CC(C(C=NC2CC(NC(=O)c3cc(-c4ccccc4)no3)C2)=NN)C1. The number of carbonyl (C=O) groups is 1. The molecule has 0 radical (unpaired) electrons. The van der Waals surface area contributed by atoms with Crippen LogP contribution in [0, 0.1) is 5.92 Å². The monoisotopic (exact) mass is 380 g/mol. The lowest BCUT2D eigenvalue weighted by Gasteiger charge is -2.36. The van der Waals surface area contributed by atoms with Crippen LogP contribution in [0.5, 0.6) is 0 Å². The van der Waals surface area contributed by atoms with E-state index in [-0.39, 0.29) is 23.8 Å². The Labute approximate surface area is 163 Å². The topological polar surface area (TPSA) is 109 Å². The number of nitrogens with zero attached hydrogens (tertiary/aromatic N) is 4. The summed E-state index contributed by atoms with van der Waals surface area (Å²) >= 11 is 0. The summed E-state index contributed by atoms with van der Waals surface area (Å²) in [6.45, 7) is 1.93. The summed E-state index contributed by atoms with van der Waals surface area (Å²) in [5.74, 6) is 5.83. The van der Waals surface area contributed by atoms with E-state index in [1.165, 1.54) is 0 Å². The van der Waals surface area contributed by atoms with Gasteiger partial charge in [-0.15, -0.1) is 0 Å². The number of likely N-dealkylation sites (tertiary alicyclic amines) is 1. The Balaban J connectivity index is 1.25. The second-order valence-corrected chi connectivity index (χ2v) is 7.49. The van der Waals surface area contributed by atoms with Gasteiger partial charge >= 0.3 is 0 Å². The molecule has 8 heteroatoms. The predicted molar refractivity (Wildman–Crippen MR) is 107 cm³/mol. The van der Waals surface area contributed by atoms with Crippen LogP contribution in [0.3, 0.4) is 0 Å². The minimum Gasteiger partial charge on any atom is -0.350 e. The third-order valence-electron chi connectivity index (χ3n) is 5.30. The summed E-state index contributed by atoms with van der Waals surface area (Å²) in [5, 5.41) is 10.8. The molecule has 2 aromatic rings. The molecule has 2 aliphatic rings. The highest BCUT2D eigenvalue weighted by atomic mass is 16.5. The van der Waals surface area contributed by atoms with Crippen LogP contribution in [0.4, 0.5) is 0 Å². The van der Waals surface area contributed by atoms with Crippen molar-refractivity contribution >= 4 is 17.8 Å². The van der Waals surface area contributed by atoms with Gasteiger partial charge in [-0.2, -0.15) is 5.10 Å². The third kappa shape index (κ3) is 3.96. The third-order valence-corrected chi connectivity index (χ3v) is 5.30. The number of benzene rings is 1. The molecule has 8 nitrogen and oxygen atoms in total. The minimum atomic E-state index is -0.246. The van der Waals surface area contributed by atoms with E-state index in [0.29, 0.717) is 11.6 Å². The van der Waals surface area contributed by atoms with Crippen LogP contribution in [0.25, 0.3) is 11.3 Å². The second kappa shape index (κ2) is 7.93. The zero-order valence-electron chi connectivity index (χ0n) is 15.8. The van der Waals surface area contributed by atoms with Crippen molar-refractivity contribution in [3.63, 3.8) is 0 Å². The highest BCUT2D eigenvalue weighted by Gasteiger charge is 2.32. The van der Waals surface area contributed by atoms with Gasteiger partial charge in [0.2, 0.25) is 5.76 Å². The lowest BCUT2D eigenvalue weighted by molar-refractivity contribution is 0.0873. The number of aliphatic imine (C=N–C) groups is 1. The fourth-order valence-corrected chi connectivity index (χ4v) is 3.52. The molecule has 2 heterocycles. The van der Waals surface area contributed by atoms with Gasteiger partial charge in [0.25, 0.3) is 5.91 Å². The number of nitrogens with two attached hydrogens (primary N) is 1. The van der Waals surface area contributed by atoms with Gasteiger partial charge in [0.15, 0.2) is 0 Å². The van der Waals surface area contributed by atoms with Crippen molar-refractivity contribution in [1.82, 2.24) is 15.4 Å². The van der Waals surface area contributed by atoms with Crippen molar-refractivity contribution in [2.24, 2.45) is 21.9 Å². The molecule has 2 fully saturated rings. The van der Waals surface area contributed by atoms with Crippen LogP contribution in [0.2, 0.25) is 0 Å². The van der Waals surface area contributed by atoms with Gasteiger partial charge in [0.05, 0.1) is 11.8 Å². The molecule has 0 unspecified atom stereocenters. The van der Waals surface area contributed by atoms with Gasteiger partial charge in [-0.3, -0.25) is 9.79 Å². The number of hydrogen-bond acceptors (Lipinski definition) is 7. The highest BCUT2D eigenvalue weighted by Crippen LogP contribution is 2.25. The summed E-state index contributed by atoms with van der Waals surface area (Å²) in [4.78, 5) is 19.1. The van der Waals surface area contributed by atoms with E-state index in [4.69, 9.17) is 10.4 Å². The molecule has 0 bridgehead atoms. The molecule has 1 saturated heterocycles. The quantitative estimate of drug-likeness (QED) is 0.449. The van der Waals surface area contributed by atoms with E-state index < -0.39 is 0 Å². The summed E-state index contributed by atoms with van der Waals surface area (Å²) in [7, 11) is 2.07. The standard InChI is InChI=1S/C20H24N6O2/c1-26-11-14(12-26)18(24-21)10-22-15-7-16(8-15)23-20(27)19-9-17(25-28-19)13-5-3-2-4-6-13/h2-6,9-10,14-16H,7-8,11-12,21H2,1H3,(H,23,27). The largest absolute Gasteiger partial charge is 0.350 e. The van der Waals surface area contributed by atoms with Gasteiger partial charge in [0.1, 0.15) is 5.69 Å². The van der Waals surface area contributed by atoms with E-state index >= 15 is 0 Å². The zero-order valence-corrected chi connectivity index (χ0v) is 15.8. The van der Waals surface area contributed by atoms with Crippen LogP contribution in [0.15, 0.2) is 51.0 Å². The summed E-state index contributed by atoms with van der Waals surface area (Å²) in [6.07, 6.45) is 3.39. The summed E-state index contributed by atoms with van der Waals surface area (Å²) in [5.41, 5.74) is 2.41. The van der Waals surface area contributed by atoms with Crippen molar-refractivity contribution in [1.29, 1.82) is 0 Å². The molecule has 0 spiro atoms. The van der Waals surface area contributed by atoms with E-state index in [2.05, 4.69) is 32.5 Å². The molecule has 4 rings (SSSR count). The van der Waals surface area contributed by atoms with E-state index in [1.54, 1.807) is 12.3 Å². The number of aromatic nitrogens is 1. The van der Waals surface area contributed by atoms with Crippen molar-refractivity contribution in [2.75, 3.05) is 20.1 Å². The summed E-state index contributed by atoms with van der Waals surface area (Å²) in [6, 6.07) is 11.6. The molecule has 1 aromatic heterocycles. The molecular formula is C20H24N6O2. The summed E-state index contributed by atoms with van der Waals surface area (Å²) < 4.78 is 5.20. The van der Waals surface area contributed by atoms with Crippen molar-refractivity contribution in [3.8, 4) is 11.3 Å². The van der Waals surface area contributed by atoms with Crippen LogP contribution in [0.1, 0.15) is 23.4 Å². The van der Waals surface area contributed by atoms with Crippen molar-refractivity contribution in [2.45, 2.75) is 24.9 Å². The maximum Gasteiger partial charge on any atom is 0.290 e. The van der Waals surface area contributed by atoms with Crippen molar-refractivity contribution in [3.05, 3.63) is 42.2 Å². The lowest BCUT2D eigenvalue weighted by atomic mass is 9.87. The molecule has 28 heavy (non-hydrogen) atoms. The maximum absolute atomic E-state index is 12.4. The molecular weight excluding hydrogens is 356 g/mol. The number of carbonyl (C=O) groups excluding carboxylic acids is 1. The highest BCUT2D eigenvalue weighted by molar-refractivity contribution is 6.31. The molecule has 1 aliphatic heterocycles. The number of rotatable bonds is 6. The first-order chi connectivity index (χ1) is 13.6. The lowest BCUT2D eigenvalue weighted by Crippen LogP contribution is -2.49. The molecule has 1 amide bonds. The fourth-order valence-electron chi connectivity index (χ4n) is 3.52. The number of amides is 1. The average molecular weight is 380 g/mol. The molecule has 0 atom stereocenters. The van der Waals surface area contributed by atoms with Crippen molar-refractivity contribution < 1.29 is 9.32 Å². The number of hydrazone groups is 1. The van der Waals surface area contributed by atoms with E-state index in [1.807, 2.05) is 30.3 Å². The van der Waals surface area contributed by atoms with Crippen LogP contribution in [-0.2, 0) is 0 Å². The fraction of sp³-hybridized carbons (Fsp3) is 0.400. The Hall–Kier alpha value is -3.00. The Morgan fingerprint density at radius 1 is 1.32 bits per heavy atom. The number of nitrogens with one attached hydrogen (secondary N) is 1. The first-order valence-corrected chi connectivity index (χ1v) is 9.45. The smallest absolute Gasteiger partial charge is 0.290 e. The molecule has 1 aromatic carbocycles. The van der Waals surface area contributed by atoms with Crippen LogP contribution in [-0.4, -0.2) is 60.1 Å². The molecule has 3 N–H and O–H groups in total. The average Bonchev–Trinajstić information content (AvgIpc) is 3.15. The van der Waals surface area contributed by atoms with Gasteiger partial charge in [-0.05, 0) is 19.9 Å². The molecule has 1 saturated carbocycles. The van der Waals surface area contributed by atoms with Gasteiger partial charge in [-0.1, -0.05) is 35.5 Å². The Morgan fingerprint density at radius 3 is 2.75 bits per heavy atom. The Bertz CT molecular complexity index is 879. The second-order valence-electron chi connectivity index (χ2n) is 7.49. The molecule has 146 valence electrons. The van der Waals surface area contributed by atoms with Gasteiger partial charge in [0, 0.05) is 42.9 Å². The number of hydrogen-bond donors (Lipinski definition) is 2. The first kappa shape index (κ1) is 18.4. The zero-order chi connectivity index (χ0) is 19.5. The maximum atomic E-state index is 12.4. The minimum absolute atomic E-state index is 0.0908. The van der Waals surface area contributed by atoms with E-state index in [0.717, 1.165) is 37.2 Å². The Kier molecular flexibility index (Phi) is 5.21. The van der Waals surface area contributed by atoms with Crippen LogP contribution >= 0.6 is 0 Å². The first-order valence-electron chi connectivity index (χ1n) is 9.45. The molecule has 1 aliphatic carbocycles. The van der Waals surface area contributed by atoms with E-state index in [9.17, 15) is 4.79 Å².